The van der Waals surface area contributed by atoms with Crippen molar-refractivity contribution in [2.45, 2.75) is 23.8 Å². The highest BCUT2D eigenvalue weighted by atomic mass is 16.3. The Morgan fingerprint density at radius 1 is 0.574 bits per heavy atom. The van der Waals surface area contributed by atoms with Crippen LogP contribution in [0.1, 0.15) is 35.1 Å². The van der Waals surface area contributed by atoms with Gasteiger partial charge in [-0.2, -0.15) is 0 Å². The molecule has 3 nitrogen and oxygen atoms in total. The minimum Gasteiger partial charge on any atom is -0.456 e. The van der Waals surface area contributed by atoms with E-state index < -0.39 is 0 Å². The van der Waals surface area contributed by atoms with Gasteiger partial charge in [-0.05, 0) is 58.2 Å². The number of rotatable bonds is 7. The molecule has 1 aliphatic rings. The lowest BCUT2D eigenvalue weighted by molar-refractivity contribution is 0.528. The highest BCUT2D eigenvalue weighted by Crippen LogP contribution is 2.67. The fourth-order valence-corrected chi connectivity index (χ4v) is 7.84. The molecule has 3 heteroatoms. The second-order valence-electron chi connectivity index (χ2n) is 12.8. The molecule has 1 saturated carbocycles. The van der Waals surface area contributed by atoms with Crippen molar-refractivity contribution in [3.63, 3.8) is 0 Å². The molecule has 3 atom stereocenters. The third-order valence-electron chi connectivity index (χ3n) is 10.2. The number of furan rings is 1. The van der Waals surface area contributed by atoms with Crippen LogP contribution in [0.4, 0.5) is 11.4 Å². The maximum absolute atomic E-state index is 7.29. The molecule has 1 aromatic heterocycles. The Hall–Kier alpha value is -5.64. The standard InChI is InChI=1S/C44H34N2O/c45-43(31-18-8-3-9-19-31)44(28-38(44)30-16-6-2-7-17-30)37-24-25-39(33-21-11-10-20-32(33)37)46-40-27-42-36(34-22-12-13-23-41(34)47-42)26-35(40)29-14-4-1-5-15-29/h1-27,38,43,46H,28,45H2/t38?,43-,44?/m1/s1. The monoisotopic (exact) mass is 606 g/mol. The summed E-state index contributed by atoms with van der Waals surface area (Å²) in [5.74, 6) is 0.335. The average Bonchev–Trinajstić information content (AvgIpc) is 3.79. The SMILES string of the molecule is N[C@H](c1ccccc1)C1(c2ccc(Nc3cc4oc5ccccc5c4cc3-c3ccccc3)c3ccccc23)CC1c1ccccc1. The molecular weight excluding hydrogens is 572 g/mol. The molecule has 2 unspecified atom stereocenters. The van der Waals surface area contributed by atoms with E-state index in [9.17, 15) is 0 Å². The van der Waals surface area contributed by atoms with Crippen LogP contribution >= 0.6 is 0 Å². The fraction of sp³-hybridized carbons (Fsp3) is 0.0909. The third-order valence-corrected chi connectivity index (χ3v) is 10.2. The highest BCUT2D eigenvalue weighted by Gasteiger charge is 2.60. The highest BCUT2D eigenvalue weighted by molar-refractivity contribution is 6.09. The lowest BCUT2D eigenvalue weighted by atomic mass is 9.79. The first-order valence-corrected chi connectivity index (χ1v) is 16.4. The molecule has 8 aromatic rings. The molecule has 3 N–H and O–H groups in total. The summed E-state index contributed by atoms with van der Waals surface area (Å²) in [6.07, 6.45) is 1.00. The van der Waals surface area contributed by atoms with E-state index in [2.05, 4.69) is 157 Å². The summed E-state index contributed by atoms with van der Waals surface area (Å²) in [5, 5.41) is 8.50. The van der Waals surface area contributed by atoms with Crippen molar-refractivity contribution in [3.8, 4) is 11.1 Å². The summed E-state index contributed by atoms with van der Waals surface area (Å²) in [6.45, 7) is 0. The smallest absolute Gasteiger partial charge is 0.137 e. The van der Waals surface area contributed by atoms with Gasteiger partial charge in [0, 0.05) is 44.9 Å². The van der Waals surface area contributed by atoms with Crippen LogP contribution in [-0.2, 0) is 5.41 Å². The van der Waals surface area contributed by atoms with E-state index in [1.807, 2.05) is 12.1 Å². The number of para-hydroxylation sites is 1. The lowest BCUT2D eigenvalue weighted by Gasteiger charge is -2.28. The second kappa shape index (κ2) is 11.0. The molecule has 1 heterocycles. The van der Waals surface area contributed by atoms with Crippen LogP contribution < -0.4 is 11.1 Å². The molecular formula is C44H34N2O. The zero-order chi connectivity index (χ0) is 31.4. The van der Waals surface area contributed by atoms with Gasteiger partial charge in [-0.1, -0.05) is 140 Å². The summed E-state index contributed by atoms with van der Waals surface area (Å²) in [7, 11) is 0. The predicted octanol–water partition coefficient (Wildman–Crippen LogP) is 11.3. The summed E-state index contributed by atoms with van der Waals surface area (Å²) in [4.78, 5) is 0. The van der Waals surface area contributed by atoms with Gasteiger partial charge in [0.25, 0.3) is 0 Å². The van der Waals surface area contributed by atoms with E-state index in [1.54, 1.807) is 0 Å². The Kier molecular flexibility index (Phi) is 6.48. The minimum absolute atomic E-state index is 0.142. The maximum Gasteiger partial charge on any atom is 0.137 e. The molecule has 47 heavy (non-hydrogen) atoms. The molecule has 0 saturated heterocycles. The summed E-state index contributed by atoms with van der Waals surface area (Å²) >= 11 is 0. The van der Waals surface area contributed by atoms with Gasteiger partial charge in [0.05, 0.1) is 5.69 Å². The zero-order valence-corrected chi connectivity index (χ0v) is 25.9. The van der Waals surface area contributed by atoms with Crippen LogP contribution in [0.25, 0.3) is 43.8 Å². The summed E-state index contributed by atoms with van der Waals surface area (Å²) < 4.78 is 6.35. The third kappa shape index (κ3) is 4.54. The van der Waals surface area contributed by atoms with Crippen molar-refractivity contribution in [3.05, 3.63) is 180 Å². The topological polar surface area (TPSA) is 51.2 Å². The summed E-state index contributed by atoms with van der Waals surface area (Å²) in [5.41, 5.74) is 17.0. The van der Waals surface area contributed by atoms with Crippen LogP contribution in [0.2, 0.25) is 0 Å². The van der Waals surface area contributed by atoms with Crippen LogP contribution in [-0.4, -0.2) is 0 Å². The zero-order valence-electron chi connectivity index (χ0n) is 25.9. The van der Waals surface area contributed by atoms with E-state index >= 15 is 0 Å². The van der Waals surface area contributed by atoms with Gasteiger partial charge in [-0.15, -0.1) is 0 Å². The van der Waals surface area contributed by atoms with E-state index in [0.717, 1.165) is 50.9 Å². The molecule has 0 aliphatic heterocycles. The van der Waals surface area contributed by atoms with Gasteiger partial charge >= 0.3 is 0 Å². The van der Waals surface area contributed by atoms with Crippen molar-refractivity contribution >= 4 is 44.1 Å². The molecule has 0 bridgehead atoms. The van der Waals surface area contributed by atoms with Gasteiger partial charge < -0.3 is 15.5 Å². The Labute approximate surface area is 274 Å². The molecule has 1 aliphatic carbocycles. The Morgan fingerprint density at radius 3 is 1.98 bits per heavy atom. The number of anilines is 2. The van der Waals surface area contributed by atoms with Gasteiger partial charge in [0.2, 0.25) is 0 Å². The molecule has 0 amide bonds. The Bertz CT molecular complexity index is 2380. The average molecular weight is 607 g/mol. The van der Waals surface area contributed by atoms with Crippen molar-refractivity contribution < 1.29 is 4.42 Å². The normalized spacial score (nSPS) is 18.0. The molecule has 0 spiro atoms. The Morgan fingerprint density at radius 2 is 1.21 bits per heavy atom. The van der Waals surface area contributed by atoms with Crippen LogP contribution in [0, 0.1) is 0 Å². The number of nitrogens with one attached hydrogen (secondary N) is 1. The van der Waals surface area contributed by atoms with Crippen LogP contribution in [0.3, 0.4) is 0 Å². The van der Waals surface area contributed by atoms with E-state index in [4.69, 9.17) is 10.2 Å². The lowest BCUT2D eigenvalue weighted by Crippen LogP contribution is -2.28. The van der Waals surface area contributed by atoms with E-state index in [1.165, 1.54) is 27.5 Å². The van der Waals surface area contributed by atoms with Crippen molar-refractivity contribution in [2.24, 2.45) is 5.73 Å². The van der Waals surface area contributed by atoms with Gasteiger partial charge in [-0.25, -0.2) is 0 Å². The first kappa shape index (κ1) is 27.7. The minimum atomic E-state index is -0.219. The number of benzene rings is 7. The number of hydrogen-bond donors (Lipinski definition) is 2. The quantitative estimate of drug-likeness (QED) is 0.190. The van der Waals surface area contributed by atoms with E-state index in [-0.39, 0.29) is 11.5 Å². The maximum atomic E-state index is 7.29. The van der Waals surface area contributed by atoms with Crippen LogP contribution in [0.5, 0.6) is 0 Å². The molecule has 9 rings (SSSR count). The Balaban J connectivity index is 1.20. The number of nitrogens with two attached hydrogens (primary N) is 1. The van der Waals surface area contributed by atoms with E-state index in [0.29, 0.717) is 5.92 Å². The molecule has 1 fully saturated rings. The van der Waals surface area contributed by atoms with Gasteiger partial charge in [0.1, 0.15) is 11.2 Å². The first-order valence-electron chi connectivity index (χ1n) is 16.4. The summed E-state index contributed by atoms with van der Waals surface area (Å²) in [6, 6.07) is 57.9. The largest absolute Gasteiger partial charge is 0.456 e. The van der Waals surface area contributed by atoms with Gasteiger partial charge in [0.15, 0.2) is 0 Å². The molecule has 226 valence electrons. The molecule has 7 aromatic carbocycles. The molecule has 0 radical (unpaired) electrons. The van der Waals surface area contributed by atoms with Crippen molar-refractivity contribution in [1.82, 2.24) is 0 Å². The van der Waals surface area contributed by atoms with Crippen LogP contribution in [0.15, 0.2) is 168 Å². The van der Waals surface area contributed by atoms with Crippen molar-refractivity contribution in [1.29, 1.82) is 0 Å². The second-order valence-corrected chi connectivity index (χ2v) is 12.8. The number of hydrogen-bond acceptors (Lipinski definition) is 3. The predicted molar refractivity (Wildman–Crippen MR) is 195 cm³/mol. The number of fused-ring (bicyclic) bond motifs is 4. The fourth-order valence-electron chi connectivity index (χ4n) is 7.84. The first-order chi connectivity index (χ1) is 23.2. The van der Waals surface area contributed by atoms with Gasteiger partial charge in [-0.3, -0.25) is 0 Å². The van der Waals surface area contributed by atoms with Crippen molar-refractivity contribution in [2.75, 3.05) is 5.32 Å².